The van der Waals surface area contributed by atoms with E-state index in [0.717, 1.165) is 6.39 Å². The third-order valence-electron chi connectivity index (χ3n) is 3.11. The predicted molar refractivity (Wildman–Crippen MR) is 57.8 cm³/mol. The average molecular weight is 292 g/mol. The van der Waals surface area contributed by atoms with E-state index in [-0.39, 0.29) is 18.7 Å². The summed E-state index contributed by atoms with van der Waals surface area (Å²) in [4.78, 5) is 26.4. The number of alkyl halides is 3. The molecule has 0 saturated carbocycles. The molecular weight excluding hydrogens is 281 g/mol. The molecule has 1 aliphatic rings. The highest BCUT2D eigenvalue weighted by molar-refractivity contribution is 5.87. The summed E-state index contributed by atoms with van der Waals surface area (Å²) in [5.41, 5.74) is -0.461. The first kappa shape index (κ1) is 14.4. The molecule has 1 amide bonds. The van der Waals surface area contributed by atoms with Crippen LogP contribution >= 0.6 is 0 Å². The molecule has 20 heavy (non-hydrogen) atoms. The monoisotopic (exact) mass is 292 g/mol. The van der Waals surface area contributed by atoms with Crippen LogP contribution in [0.1, 0.15) is 41.6 Å². The Balaban J connectivity index is 2.34. The zero-order valence-electron chi connectivity index (χ0n) is 10.2. The molecule has 0 bridgehead atoms. The lowest BCUT2D eigenvalue weighted by molar-refractivity contribution is -0.189. The molecule has 1 N–H and O–H groups in total. The molecular formula is C11H11F3N2O4. The Morgan fingerprint density at radius 1 is 1.40 bits per heavy atom. The standard InChI is InChI=1S/C11H11F3N2O4/c12-11(13,14)10(19)16-4-2-1-3-6(16)8-7(9(17)18)15-5-20-8/h5-6H,1-4H2,(H,17,18). The Morgan fingerprint density at radius 3 is 2.70 bits per heavy atom. The van der Waals surface area contributed by atoms with Gasteiger partial charge in [0.2, 0.25) is 0 Å². The number of likely N-dealkylation sites (tertiary alicyclic amines) is 1. The predicted octanol–water partition coefficient (Wildman–Crippen LogP) is 1.99. The van der Waals surface area contributed by atoms with Crippen molar-refractivity contribution in [3.8, 4) is 0 Å². The molecule has 0 aliphatic carbocycles. The van der Waals surface area contributed by atoms with Gasteiger partial charge in [-0.25, -0.2) is 9.78 Å². The van der Waals surface area contributed by atoms with E-state index in [0.29, 0.717) is 17.7 Å². The number of carboxylic acids is 1. The summed E-state index contributed by atoms with van der Waals surface area (Å²) >= 11 is 0. The number of hydrogen-bond acceptors (Lipinski definition) is 4. The summed E-state index contributed by atoms with van der Waals surface area (Å²) < 4.78 is 42.6. The average Bonchev–Trinajstić information content (AvgIpc) is 2.86. The lowest BCUT2D eigenvalue weighted by Crippen LogP contribution is -2.45. The van der Waals surface area contributed by atoms with Gasteiger partial charge < -0.3 is 14.4 Å². The van der Waals surface area contributed by atoms with Crippen molar-refractivity contribution in [1.29, 1.82) is 0 Å². The molecule has 1 aromatic rings. The van der Waals surface area contributed by atoms with Crippen molar-refractivity contribution < 1.29 is 32.3 Å². The first-order valence-corrected chi connectivity index (χ1v) is 5.87. The van der Waals surface area contributed by atoms with E-state index in [1.54, 1.807) is 0 Å². The van der Waals surface area contributed by atoms with E-state index in [1.807, 2.05) is 0 Å². The number of aromatic carboxylic acids is 1. The molecule has 110 valence electrons. The summed E-state index contributed by atoms with van der Waals surface area (Å²) in [6.45, 7) is -0.0945. The van der Waals surface area contributed by atoms with Crippen molar-refractivity contribution in [2.45, 2.75) is 31.5 Å². The van der Waals surface area contributed by atoms with Gasteiger partial charge >= 0.3 is 18.1 Å². The Labute approximate surface area is 111 Å². The number of amides is 1. The fraction of sp³-hybridized carbons (Fsp3) is 0.545. The number of halogens is 3. The zero-order valence-corrected chi connectivity index (χ0v) is 10.2. The van der Waals surface area contributed by atoms with E-state index in [9.17, 15) is 22.8 Å². The largest absolute Gasteiger partial charge is 0.476 e. The molecule has 1 saturated heterocycles. The van der Waals surface area contributed by atoms with Crippen molar-refractivity contribution in [3.05, 3.63) is 17.8 Å². The number of carboxylic acid groups (broad SMARTS) is 1. The second kappa shape index (κ2) is 5.14. The smallest absolute Gasteiger partial charge is 0.471 e. The zero-order chi connectivity index (χ0) is 14.9. The van der Waals surface area contributed by atoms with Gasteiger partial charge in [-0.2, -0.15) is 13.2 Å². The first-order chi connectivity index (χ1) is 9.32. The molecule has 2 heterocycles. The quantitative estimate of drug-likeness (QED) is 0.901. The van der Waals surface area contributed by atoms with Crippen molar-refractivity contribution in [3.63, 3.8) is 0 Å². The lowest BCUT2D eigenvalue weighted by Gasteiger charge is -2.34. The van der Waals surface area contributed by atoms with Gasteiger partial charge in [-0.05, 0) is 19.3 Å². The van der Waals surface area contributed by atoms with Gasteiger partial charge in [-0.1, -0.05) is 0 Å². The third kappa shape index (κ3) is 2.61. The SMILES string of the molecule is O=C(O)c1ncoc1C1CCCCN1C(=O)C(F)(F)F. The van der Waals surface area contributed by atoms with Crippen LogP contribution in [-0.2, 0) is 4.79 Å². The number of hydrogen-bond donors (Lipinski definition) is 1. The van der Waals surface area contributed by atoms with E-state index in [2.05, 4.69) is 4.98 Å². The maximum Gasteiger partial charge on any atom is 0.471 e. The maximum absolute atomic E-state index is 12.6. The second-order valence-corrected chi connectivity index (χ2v) is 4.38. The lowest BCUT2D eigenvalue weighted by atomic mass is 9.98. The summed E-state index contributed by atoms with van der Waals surface area (Å²) in [6.07, 6.45) is -2.94. The van der Waals surface area contributed by atoms with Gasteiger partial charge in [-0.15, -0.1) is 0 Å². The minimum atomic E-state index is -5.00. The highest BCUT2D eigenvalue weighted by Crippen LogP contribution is 2.35. The molecule has 0 aromatic carbocycles. The van der Waals surface area contributed by atoms with Crippen LogP contribution in [0.15, 0.2) is 10.8 Å². The molecule has 2 rings (SSSR count). The number of rotatable bonds is 2. The Bertz CT molecular complexity index is 526. The van der Waals surface area contributed by atoms with Gasteiger partial charge in [0.25, 0.3) is 0 Å². The summed E-state index contributed by atoms with van der Waals surface area (Å²) in [5, 5.41) is 8.92. The molecule has 1 aromatic heterocycles. The first-order valence-electron chi connectivity index (χ1n) is 5.87. The number of piperidine rings is 1. The van der Waals surface area contributed by atoms with Crippen LogP contribution in [0.2, 0.25) is 0 Å². The highest BCUT2D eigenvalue weighted by atomic mass is 19.4. The minimum absolute atomic E-state index is 0.0945. The Kier molecular flexibility index (Phi) is 3.69. The fourth-order valence-corrected chi connectivity index (χ4v) is 2.26. The summed E-state index contributed by atoms with van der Waals surface area (Å²) in [7, 11) is 0. The molecule has 1 atom stereocenters. The van der Waals surface area contributed by atoms with Gasteiger partial charge in [0, 0.05) is 6.54 Å². The van der Waals surface area contributed by atoms with Crippen molar-refractivity contribution in [2.24, 2.45) is 0 Å². The molecule has 6 nitrogen and oxygen atoms in total. The minimum Gasteiger partial charge on any atom is -0.476 e. The van der Waals surface area contributed by atoms with E-state index in [4.69, 9.17) is 9.52 Å². The van der Waals surface area contributed by atoms with Crippen LogP contribution in [0.5, 0.6) is 0 Å². The summed E-state index contributed by atoms with van der Waals surface area (Å²) in [6, 6.07) is -1.05. The third-order valence-corrected chi connectivity index (χ3v) is 3.11. The number of nitrogens with zero attached hydrogens (tertiary/aromatic N) is 2. The molecule has 0 radical (unpaired) electrons. The highest BCUT2D eigenvalue weighted by Gasteiger charge is 2.46. The van der Waals surface area contributed by atoms with Gasteiger partial charge in [0.1, 0.15) is 0 Å². The van der Waals surface area contributed by atoms with Crippen LogP contribution in [-0.4, -0.2) is 39.6 Å². The maximum atomic E-state index is 12.6. The van der Waals surface area contributed by atoms with Gasteiger partial charge in [0.15, 0.2) is 17.8 Å². The van der Waals surface area contributed by atoms with E-state index >= 15 is 0 Å². The number of carbonyl (C=O) groups excluding carboxylic acids is 1. The van der Waals surface area contributed by atoms with Crippen LogP contribution < -0.4 is 0 Å². The number of carbonyl (C=O) groups is 2. The van der Waals surface area contributed by atoms with Gasteiger partial charge in [0.05, 0.1) is 6.04 Å². The number of aromatic nitrogens is 1. The van der Waals surface area contributed by atoms with E-state index in [1.165, 1.54) is 0 Å². The number of oxazole rings is 1. The second-order valence-electron chi connectivity index (χ2n) is 4.38. The Hall–Kier alpha value is -2.06. The van der Waals surface area contributed by atoms with Crippen LogP contribution in [0.25, 0.3) is 0 Å². The normalized spacial score (nSPS) is 19.9. The van der Waals surface area contributed by atoms with E-state index < -0.39 is 29.8 Å². The topological polar surface area (TPSA) is 83.6 Å². The fourth-order valence-electron chi connectivity index (χ4n) is 2.26. The Morgan fingerprint density at radius 2 is 2.10 bits per heavy atom. The van der Waals surface area contributed by atoms with Crippen LogP contribution in [0, 0.1) is 0 Å². The molecule has 9 heteroatoms. The van der Waals surface area contributed by atoms with Crippen LogP contribution in [0.4, 0.5) is 13.2 Å². The summed E-state index contributed by atoms with van der Waals surface area (Å²) in [5.74, 6) is -3.61. The van der Waals surface area contributed by atoms with Crippen molar-refractivity contribution in [1.82, 2.24) is 9.88 Å². The van der Waals surface area contributed by atoms with Crippen LogP contribution in [0.3, 0.4) is 0 Å². The molecule has 1 aliphatic heterocycles. The molecule has 0 spiro atoms. The van der Waals surface area contributed by atoms with Crippen molar-refractivity contribution >= 4 is 11.9 Å². The molecule has 1 fully saturated rings. The van der Waals surface area contributed by atoms with Crippen molar-refractivity contribution in [2.75, 3.05) is 6.54 Å². The van der Waals surface area contributed by atoms with Gasteiger partial charge in [-0.3, -0.25) is 4.79 Å². The molecule has 1 unspecified atom stereocenters.